The molecule has 1 aliphatic rings. The maximum Gasteiger partial charge on any atom is 3.00 e. The van der Waals surface area contributed by atoms with Crippen LogP contribution in [0.5, 0.6) is 0 Å². The van der Waals surface area contributed by atoms with Gasteiger partial charge in [-0.3, -0.25) is 38.8 Å². The van der Waals surface area contributed by atoms with E-state index in [1.165, 1.54) is 6.92 Å². The van der Waals surface area contributed by atoms with Crippen LogP contribution in [-0.4, -0.2) is 137 Å². The van der Waals surface area contributed by atoms with Crippen molar-refractivity contribution in [3.05, 3.63) is 0 Å². The van der Waals surface area contributed by atoms with Crippen molar-refractivity contribution < 1.29 is 74.4 Å². The van der Waals surface area contributed by atoms with Crippen molar-refractivity contribution in [2.24, 2.45) is 0 Å². The van der Waals surface area contributed by atoms with Crippen LogP contribution in [0.25, 0.3) is 0 Å². The summed E-state index contributed by atoms with van der Waals surface area (Å²) in [7, 11) is 0. The fourth-order valence-corrected chi connectivity index (χ4v) is 3.10. The zero-order valence-corrected chi connectivity index (χ0v) is 18.9. The number of carboxylic acid groups (broad SMARTS) is 3. The van der Waals surface area contributed by atoms with Crippen LogP contribution in [0.15, 0.2) is 0 Å². The number of carbonyl (C=O) groups is 4. The fourth-order valence-electron chi connectivity index (χ4n) is 3.10. The van der Waals surface area contributed by atoms with E-state index in [0.29, 0.717) is 52.4 Å². The van der Waals surface area contributed by atoms with E-state index in [4.69, 9.17) is 15.3 Å². The van der Waals surface area contributed by atoms with Crippen molar-refractivity contribution in [1.29, 1.82) is 0 Å². The van der Waals surface area contributed by atoms with Gasteiger partial charge in [0, 0.05) is 52.4 Å². The average molecular weight is 560 g/mol. The van der Waals surface area contributed by atoms with Crippen LogP contribution in [-0.2, 0) is 19.2 Å². The molecular formula is C17H30GdN4O7+3. The summed E-state index contributed by atoms with van der Waals surface area (Å²) in [6.45, 7) is 4.37. The van der Waals surface area contributed by atoms with Gasteiger partial charge in [0.2, 0.25) is 0 Å². The molecule has 11 nitrogen and oxygen atoms in total. The zero-order valence-electron chi connectivity index (χ0n) is 16.6. The molecule has 0 bridgehead atoms. The van der Waals surface area contributed by atoms with E-state index in [9.17, 15) is 19.2 Å². The summed E-state index contributed by atoms with van der Waals surface area (Å²) >= 11 is 0. The molecule has 0 aromatic heterocycles. The Kier molecular flexibility index (Phi) is 14.7. The van der Waals surface area contributed by atoms with Crippen LogP contribution in [0, 0.1) is 39.9 Å². The minimum atomic E-state index is -0.991. The quantitative estimate of drug-likeness (QED) is 0.306. The molecule has 0 aliphatic carbocycles. The Hall–Kier alpha value is -0.755. The standard InChI is InChI=1S/C17H30N4O7.Gd/c1-14(22)10-18-2-4-19(11-15(23)24)6-8-21(13-17(27)28)9-7-20(5-3-18)12-16(25)26;/h2-13H2,1H3,(H,23,24)(H,25,26)(H,27,28);/q;+3. The zero-order chi connectivity index (χ0) is 21.1. The van der Waals surface area contributed by atoms with Gasteiger partial charge in [0.05, 0.1) is 26.2 Å². The van der Waals surface area contributed by atoms with Crippen LogP contribution in [0.2, 0.25) is 0 Å². The van der Waals surface area contributed by atoms with Gasteiger partial charge in [-0.1, -0.05) is 0 Å². The number of aliphatic carboxylic acids is 3. The molecule has 1 saturated heterocycles. The Bertz CT molecular complexity index is 452. The van der Waals surface area contributed by atoms with Gasteiger partial charge in [0.25, 0.3) is 0 Å². The number of Topliss-reactive ketones (excluding diaryl/α,β-unsaturated/α-hetero) is 1. The molecule has 0 aromatic rings. The van der Waals surface area contributed by atoms with Crippen LogP contribution in [0.3, 0.4) is 0 Å². The topological polar surface area (TPSA) is 142 Å². The first-order valence-corrected chi connectivity index (χ1v) is 9.20. The number of nitrogens with zero attached hydrogens (tertiary/aromatic N) is 4. The van der Waals surface area contributed by atoms with Gasteiger partial charge in [0.1, 0.15) is 5.78 Å². The van der Waals surface area contributed by atoms with E-state index in [1.807, 2.05) is 4.90 Å². The third-order valence-electron chi connectivity index (χ3n) is 4.45. The van der Waals surface area contributed by atoms with Crippen molar-refractivity contribution in [3.8, 4) is 0 Å². The second kappa shape index (κ2) is 15.1. The Morgan fingerprint density at radius 1 is 0.552 bits per heavy atom. The molecule has 1 radical (unpaired) electrons. The summed E-state index contributed by atoms with van der Waals surface area (Å²) in [4.78, 5) is 51.9. The molecule has 0 atom stereocenters. The Morgan fingerprint density at radius 2 is 0.759 bits per heavy atom. The first kappa shape index (κ1) is 28.2. The van der Waals surface area contributed by atoms with E-state index < -0.39 is 17.9 Å². The Labute approximate surface area is 202 Å². The second-order valence-corrected chi connectivity index (χ2v) is 6.99. The Balaban J connectivity index is 0.00000784. The smallest absolute Gasteiger partial charge is 0.480 e. The molecule has 0 saturated carbocycles. The molecule has 0 unspecified atom stereocenters. The number of carboxylic acids is 3. The minimum Gasteiger partial charge on any atom is -0.480 e. The Morgan fingerprint density at radius 3 is 0.931 bits per heavy atom. The van der Waals surface area contributed by atoms with Crippen LogP contribution >= 0.6 is 0 Å². The van der Waals surface area contributed by atoms with E-state index in [2.05, 4.69) is 0 Å². The van der Waals surface area contributed by atoms with Crippen molar-refractivity contribution >= 4 is 23.7 Å². The first-order valence-electron chi connectivity index (χ1n) is 9.20. The van der Waals surface area contributed by atoms with Crippen molar-refractivity contribution in [2.45, 2.75) is 6.92 Å². The molecule has 1 fully saturated rings. The summed E-state index contributed by atoms with van der Waals surface area (Å²) in [6.07, 6.45) is 0. The number of hydrogen-bond donors (Lipinski definition) is 3. The van der Waals surface area contributed by atoms with E-state index in [-0.39, 0.29) is 71.9 Å². The summed E-state index contributed by atoms with van der Waals surface area (Å²) < 4.78 is 0. The maximum atomic E-state index is 11.5. The SMILES string of the molecule is CC(=O)CN1CCN(CC(=O)O)CCN(CC(=O)O)CCN(CC(=O)O)CC1.[Gd+3]. The van der Waals surface area contributed by atoms with Gasteiger partial charge in [-0.25, -0.2) is 0 Å². The molecule has 0 spiro atoms. The molecule has 165 valence electrons. The van der Waals surface area contributed by atoms with Crippen molar-refractivity contribution in [2.75, 3.05) is 78.5 Å². The second-order valence-electron chi connectivity index (χ2n) is 6.99. The monoisotopic (exact) mass is 560 g/mol. The normalized spacial score (nSPS) is 18.8. The molecule has 3 N–H and O–H groups in total. The molecule has 1 aliphatic heterocycles. The number of carbonyl (C=O) groups excluding carboxylic acids is 1. The molecule has 29 heavy (non-hydrogen) atoms. The van der Waals surface area contributed by atoms with Crippen LogP contribution in [0.4, 0.5) is 0 Å². The first-order chi connectivity index (χ1) is 13.2. The summed E-state index contributed by atoms with van der Waals surface area (Å²) in [5, 5.41) is 27.3. The predicted molar refractivity (Wildman–Crippen MR) is 99.3 cm³/mol. The van der Waals surface area contributed by atoms with E-state index >= 15 is 0 Å². The molecule has 1 heterocycles. The summed E-state index contributed by atoms with van der Waals surface area (Å²) in [6, 6.07) is 0. The van der Waals surface area contributed by atoms with Crippen LogP contribution in [0.1, 0.15) is 6.92 Å². The van der Waals surface area contributed by atoms with E-state index in [1.54, 1.807) is 14.7 Å². The molecular weight excluding hydrogens is 529 g/mol. The third-order valence-corrected chi connectivity index (χ3v) is 4.45. The number of rotatable bonds is 8. The molecule has 1 rings (SSSR count). The van der Waals surface area contributed by atoms with Crippen molar-refractivity contribution in [3.63, 3.8) is 0 Å². The number of ketones is 1. The van der Waals surface area contributed by atoms with E-state index in [0.717, 1.165) is 0 Å². The summed E-state index contributed by atoms with van der Waals surface area (Å²) in [5.74, 6) is -2.95. The van der Waals surface area contributed by atoms with Gasteiger partial charge < -0.3 is 15.3 Å². The molecule has 12 heteroatoms. The molecule has 0 aromatic carbocycles. The molecule has 0 amide bonds. The van der Waals surface area contributed by atoms with Gasteiger partial charge in [0.15, 0.2) is 0 Å². The van der Waals surface area contributed by atoms with Gasteiger partial charge in [-0.2, -0.15) is 0 Å². The van der Waals surface area contributed by atoms with Gasteiger partial charge >= 0.3 is 57.8 Å². The maximum absolute atomic E-state index is 11.5. The average Bonchev–Trinajstić information content (AvgIpc) is 2.55. The summed E-state index contributed by atoms with van der Waals surface area (Å²) in [5.41, 5.74) is 0. The number of hydrogen-bond acceptors (Lipinski definition) is 8. The third kappa shape index (κ3) is 14.0. The van der Waals surface area contributed by atoms with Crippen LogP contribution < -0.4 is 0 Å². The minimum absolute atomic E-state index is 0. The van der Waals surface area contributed by atoms with Gasteiger partial charge in [-0.15, -0.1) is 0 Å². The van der Waals surface area contributed by atoms with Gasteiger partial charge in [-0.05, 0) is 6.92 Å². The predicted octanol–water partition coefficient (Wildman–Crippen LogP) is -1.95. The fraction of sp³-hybridized carbons (Fsp3) is 0.765. The largest absolute Gasteiger partial charge is 3.00 e. The van der Waals surface area contributed by atoms with Crippen molar-refractivity contribution in [1.82, 2.24) is 19.6 Å².